The monoisotopic (exact) mass is 166 g/mol. The largest absolute Gasteiger partial charge is 0.391 e. The van der Waals surface area contributed by atoms with E-state index < -0.39 is 6.10 Å². The van der Waals surface area contributed by atoms with E-state index in [1.54, 1.807) is 0 Å². The van der Waals surface area contributed by atoms with Crippen molar-refractivity contribution in [2.75, 3.05) is 12.5 Å². The number of hydrogen-bond donors (Lipinski definition) is 1. The highest BCUT2D eigenvalue weighted by atomic mass is 35.5. The molecular formula is C7H15ClO2. The van der Waals surface area contributed by atoms with Crippen LogP contribution >= 0.6 is 11.6 Å². The summed E-state index contributed by atoms with van der Waals surface area (Å²) in [5.74, 6) is 0.489. The molecule has 62 valence electrons. The van der Waals surface area contributed by atoms with Gasteiger partial charge < -0.3 is 9.84 Å². The fraction of sp³-hybridized carbons (Fsp3) is 1.00. The molecule has 0 rings (SSSR count). The predicted octanol–water partition coefficient (Wildman–Crippen LogP) is 1.40. The molecule has 0 fully saturated rings. The maximum Gasteiger partial charge on any atom is 0.0785 e. The summed E-state index contributed by atoms with van der Waals surface area (Å²) in [5, 5.41) is 9.09. The van der Waals surface area contributed by atoms with Gasteiger partial charge in [0.1, 0.15) is 0 Å². The number of aliphatic hydroxyl groups excluding tert-OH is 1. The standard InChI is InChI=1S/C7H15ClO2/c1-6(2)10-5-7(9)3-4-8/h6-7,9H,3-5H2,1-2H3. The van der Waals surface area contributed by atoms with Crippen LogP contribution in [0, 0.1) is 0 Å². The molecule has 0 amide bonds. The minimum absolute atomic E-state index is 0.185. The van der Waals surface area contributed by atoms with E-state index >= 15 is 0 Å². The van der Waals surface area contributed by atoms with Gasteiger partial charge in [-0.05, 0) is 20.3 Å². The van der Waals surface area contributed by atoms with Crippen LogP contribution < -0.4 is 0 Å². The Morgan fingerprint density at radius 2 is 2.10 bits per heavy atom. The summed E-state index contributed by atoms with van der Waals surface area (Å²) in [5.41, 5.74) is 0. The zero-order chi connectivity index (χ0) is 7.98. The molecule has 0 aromatic carbocycles. The lowest BCUT2D eigenvalue weighted by atomic mass is 10.3. The molecule has 0 aromatic heterocycles. The average molecular weight is 167 g/mol. The van der Waals surface area contributed by atoms with Crippen LogP contribution in [0.5, 0.6) is 0 Å². The number of halogens is 1. The summed E-state index contributed by atoms with van der Waals surface area (Å²) in [6, 6.07) is 0. The second kappa shape index (κ2) is 5.96. The van der Waals surface area contributed by atoms with Gasteiger partial charge in [0, 0.05) is 5.88 Å². The number of rotatable bonds is 5. The first kappa shape index (κ1) is 10.2. The van der Waals surface area contributed by atoms with Crippen molar-refractivity contribution in [3.05, 3.63) is 0 Å². The van der Waals surface area contributed by atoms with Gasteiger partial charge in [0.2, 0.25) is 0 Å². The molecule has 1 unspecified atom stereocenters. The summed E-state index contributed by atoms with van der Waals surface area (Å²) in [6.07, 6.45) is 0.388. The second-order valence-corrected chi connectivity index (χ2v) is 2.89. The third kappa shape index (κ3) is 6.33. The third-order valence-electron chi connectivity index (χ3n) is 1.06. The number of alkyl halides is 1. The van der Waals surface area contributed by atoms with E-state index in [9.17, 15) is 0 Å². The van der Waals surface area contributed by atoms with Gasteiger partial charge in [-0.1, -0.05) is 0 Å². The van der Waals surface area contributed by atoms with Gasteiger partial charge in [0.05, 0.1) is 18.8 Å². The average Bonchev–Trinajstić information content (AvgIpc) is 1.85. The molecule has 10 heavy (non-hydrogen) atoms. The quantitative estimate of drug-likeness (QED) is 0.626. The normalized spacial score (nSPS) is 14.1. The van der Waals surface area contributed by atoms with Crippen molar-refractivity contribution >= 4 is 11.6 Å². The van der Waals surface area contributed by atoms with E-state index in [4.69, 9.17) is 21.4 Å². The molecule has 3 heteroatoms. The van der Waals surface area contributed by atoms with Crippen molar-refractivity contribution in [2.24, 2.45) is 0 Å². The Kier molecular flexibility index (Phi) is 6.08. The van der Waals surface area contributed by atoms with Crippen molar-refractivity contribution in [1.29, 1.82) is 0 Å². The molecule has 0 spiro atoms. The van der Waals surface area contributed by atoms with Crippen molar-refractivity contribution in [3.63, 3.8) is 0 Å². The van der Waals surface area contributed by atoms with Crippen LogP contribution in [-0.2, 0) is 4.74 Å². The number of aliphatic hydroxyl groups is 1. The molecule has 0 heterocycles. The molecule has 0 aliphatic rings. The van der Waals surface area contributed by atoms with Crippen molar-refractivity contribution in [3.8, 4) is 0 Å². The van der Waals surface area contributed by atoms with Crippen LogP contribution in [0.25, 0.3) is 0 Å². The van der Waals surface area contributed by atoms with E-state index in [0.717, 1.165) is 0 Å². The van der Waals surface area contributed by atoms with Crippen molar-refractivity contribution < 1.29 is 9.84 Å². The highest BCUT2D eigenvalue weighted by Gasteiger charge is 2.03. The van der Waals surface area contributed by atoms with Gasteiger partial charge in [0.25, 0.3) is 0 Å². The first-order chi connectivity index (χ1) is 4.66. The Morgan fingerprint density at radius 1 is 1.50 bits per heavy atom. The Bertz CT molecular complexity index is 76.0. The SMILES string of the molecule is CC(C)OCC(O)CCCl. The van der Waals surface area contributed by atoms with Gasteiger partial charge in [0.15, 0.2) is 0 Å². The Labute approximate surface area is 67.1 Å². The molecule has 0 saturated heterocycles. The van der Waals surface area contributed by atoms with E-state index in [1.165, 1.54) is 0 Å². The summed E-state index contributed by atoms with van der Waals surface area (Å²) < 4.78 is 5.15. The van der Waals surface area contributed by atoms with Gasteiger partial charge in [-0.25, -0.2) is 0 Å². The first-order valence-electron chi connectivity index (χ1n) is 3.52. The van der Waals surface area contributed by atoms with Crippen LogP contribution in [0.3, 0.4) is 0 Å². The van der Waals surface area contributed by atoms with Crippen LogP contribution in [0.15, 0.2) is 0 Å². The maximum atomic E-state index is 9.09. The smallest absolute Gasteiger partial charge is 0.0785 e. The van der Waals surface area contributed by atoms with Gasteiger partial charge in [-0.2, -0.15) is 0 Å². The first-order valence-corrected chi connectivity index (χ1v) is 4.06. The van der Waals surface area contributed by atoms with Crippen molar-refractivity contribution in [2.45, 2.75) is 32.5 Å². The highest BCUT2D eigenvalue weighted by molar-refractivity contribution is 6.17. The molecular weight excluding hydrogens is 152 g/mol. The fourth-order valence-electron chi connectivity index (χ4n) is 0.513. The predicted molar refractivity (Wildman–Crippen MR) is 42.4 cm³/mol. The van der Waals surface area contributed by atoms with Crippen LogP contribution in [0.4, 0.5) is 0 Å². The number of hydrogen-bond acceptors (Lipinski definition) is 2. The maximum absolute atomic E-state index is 9.09. The molecule has 2 nitrogen and oxygen atoms in total. The minimum atomic E-state index is -0.403. The second-order valence-electron chi connectivity index (χ2n) is 2.51. The van der Waals surface area contributed by atoms with Gasteiger partial charge in [-0.3, -0.25) is 0 Å². The van der Waals surface area contributed by atoms with E-state index in [2.05, 4.69) is 0 Å². The Morgan fingerprint density at radius 3 is 2.50 bits per heavy atom. The zero-order valence-electron chi connectivity index (χ0n) is 6.51. The fourth-order valence-corrected chi connectivity index (χ4v) is 0.765. The highest BCUT2D eigenvalue weighted by Crippen LogP contribution is 1.97. The van der Waals surface area contributed by atoms with Gasteiger partial charge in [-0.15, -0.1) is 11.6 Å². The van der Waals surface area contributed by atoms with Crippen molar-refractivity contribution in [1.82, 2.24) is 0 Å². The molecule has 1 N–H and O–H groups in total. The van der Waals surface area contributed by atoms with Gasteiger partial charge >= 0.3 is 0 Å². The number of ether oxygens (including phenoxy) is 1. The molecule has 0 aliphatic heterocycles. The lowest BCUT2D eigenvalue weighted by Gasteiger charge is -2.11. The lowest BCUT2D eigenvalue weighted by Crippen LogP contribution is -2.18. The summed E-state index contributed by atoms with van der Waals surface area (Å²) in [7, 11) is 0. The van der Waals surface area contributed by atoms with E-state index in [-0.39, 0.29) is 6.10 Å². The molecule has 0 saturated carbocycles. The summed E-state index contributed by atoms with van der Waals surface area (Å²) in [6.45, 7) is 4.27. The van der Waals surface area contributed by atoms with Crippen LogP contribution in [-0.4, -0.2) is 29.8 Å². The minimum Gasteiger partial charge on any atom is -0.391 e. The van der Waals surface area contributed by atoms with Crippen LogP contribution in [0.2, 0.25) is 0 Å². The topological polar surface area (TPSA) is 29.5 Å². The molecule has 0 radical (unpaired) electrons. The summed E-state index contributed by atoms with van der Waals surface area (Å²) >= 11 is 5.40. The third-order valence-corrected chi connectivity index (χ3v) is 1.28. The molecule has 0 bridgehead atoms. The lowest BCUT2D eigenvalue weighted by molar-refractivity contribution is 0.00497. The van der Waals surface area contributed by atoms with E-state index in [1.807, 2.05) is 13.8 Å². The molecule has 1 atom stereocenters. The Balaban J connectivity index is 3.12. The summed E-state index contributed by atoms with van der Waals surface area (Å²) in [4.78, 5) is 0. The zero-order valence-corrected chi connectivity index (χ0v) is 7.27. The Hall–Kier alpha value is 0.210. The molecule has 0 aliphatic carbocycles. The van der Waals surface area contributed by atoms with E-state index in [0.29, 0.717) is 18.9 Å². The molecule has 0 aromatic rings. The van der Waals surface area contributed by atoms with Crippen LogP contribution in [0.1, 0.15) is 20.3 Å².